The fraction of sp³-hybridized carbons (Fsp3) is 0.714. The van der Waals surface area contributed by atoms with E-state index in [2.05, 4.69) is 0 Å². The van der Waals surface area contributed by atoms with Crippen molar-refractivity contribution in [3.05, 3.63) is 0 Å². The number of aliphatic hydroxyl groups excluding tert-OH is 1. The molecule has 1 fully saturated rings. The van der Waals surface area contributed by atoms with Crippen molar-refractivity contribution in [3.8, 4) is 0 Å². The molecule has 0 aromatic carbocycles. The van der Waals surface area contributed by atoms with E-state index in [1.807, 2.05) is 0 Å². The Morgan fingerprint density at radius 3 is 2.58 bits per heavy atom. The molecule has 0 amide bonds. The number of aliphatic hydroxyl groups is 1. The van der Waals surface area contributed by atoms with Gasteiger partial charge in [-0.2, -0.15) is 0 Å². The van der Waals surface area contributed by atoms with Gasteiger partial charge >= 0.3 is 5.97 Å². The van der Waals surface area contributed by atoms with Gasteiger partial charge < -0.3 is 15.1 Å². The van der Waals surface area contributed by atoms with Crippen LogP contribution < -0.4 is 0 Å². The van der Waals surface area contributed by atoms with Crippen molar-refractivity contribution in [1.29, 1.82) is 0 Å². The minimum atomic E-state index is -0.921. The van der Waals surface area contributed by atoms with E-state index in [9.17, 15) is 9.90 Å². The number of rotatable bonds is 1. The molecule has 1 saturated heterocycles. The summed E-state index contributed by atoms with van der Waals surface area (Å²) in [6, 6.07) is -0.641. The highest BCUT2D eigenvalue weighted by atomic mass is 32.1. The molecule has 2 atom stereocenters. The summed E-state index contributed by atoms with van der Waals surface area (Å²) in [6.45, 7) is 2.01. The Morgan fingerprint density at radius 1 is 1.67 bits per heavy atom. The zero-order chi connectivity index (χ0) is 9.30. The monoisotopic (exact) mass is 189 g/mol. The first kappa shape index (κ1) is 9.41. The van der Waals surface area contributed by atoms with E-state index in [1.54, 1.807) is 11.8 Å². The molecule has 0 aliphatic carbocycles. The molecule has 0 aromatic heterocycles. The third-order valence-electron chi connectivity index (χ3n) is 1.97. The van der Waals surface area contributed by atoms with Gasteiger partial charge in [-0.3, -0.25) is 0 Å². The van der Waals surface area contributed by atoms with Crippen LogP contribution in [-0.2, 0) is 4.79 Å². The largest absolute Gasteiger partial charge is 0.480 e. The number of nitrogens with zero attached hydrogens (tertiary/aromatic N) is 1. The van der Waals surface area contributed by atoms with E-state index >= 15 is 0 Å². The highest BCUT2D eigenvalue weighted by molar-refractivity contribution is 7.80. The van der Waals surface area contributed by atoms with Gasteiger partial charge in [-0.1, -0.05) is 12.2 Å². The van der Waals surface area contributed by atoms with Crippen LogP contribution in [0.3, 0.4) is 0 Å². The Morgan fingerprint density at radius 2 is 2.25 bits per heavy atom. The minimum Gasteiger partial charge on any atom is -0.480 e. The van der Waals surface area contributed by atoms with Gasteiger partial charge in [-0.25, -0.2) is 4.79 Å². The molecule has 2 unspecified atom stereocenters. The SMILES string of the molecule is CC(=S)N1CC(O)CC1C(=O)O. The Labute approximate surface area is 75.8 Å². The van der Waals surface area contributed by atoms with Crippen LogP contribution in [-0.4, -0.2) is 44.8 Å². The molecular formula is C7H11NO3S. The molecular weight excluding hydrogens is 178 g/mol. The number of thiocarbonyl (C=S) groups is 1. The first-order valence-corrected chi connectivity index (χ1v) is 4.11. The lowest BCUT2D eigenvalue weighted by atomic mass is 10.2. The van der Waals surface area contributed by atoms with E-state index in [4.69, 9.17) is 17.3 Å². The number of hydrogen-bond acceptors (Lipinski definition) is 3. The quantitative estimate of drug-likeness (QED) is 0.562. The van der Waals surface area contributed by atoms with Crippen LogP contribution >= 0.6 is 12.2 Å². The van der Waals surface area contributed by atoms with Gasteiger partial charge in [-0.05, 0) is 6.92 Å². The Balaban J connectivity index is 2.72. The molecule has 4 nitrogen and oxygen atoms in total. The van der Waals surface area contributed by atoms with E-state index in [-0.39, 0.29) is 6.42 Å². The molecule has 0 saturated carbocycles. The summed E-state index contributed by atoms with van der Waals surface area (Å²) in [7, 11) is 0. The fourth-order valence-electron chi connectivity index (χ4n) is 1.40. The van der Waals surface area contributed by atoms with E-state index in [1.165, 1.54) is 0 Å². The normalized spacial score (nSPS) is 29.0. The minimum absolute atomic E-state index is 0.267. The van der Waals surface area contributed by atoms with Gasteiger partial charge in [0.2, 0.25) is 0 Å². The van der Waals surface area contributed by atoms with Crippen molar-refractivity contribution in [3.63, 3.8) is 0 Å². The molecule has 0 radical (unpaired) electrons. The molecule has 12 heavy (non-hydrogen) atoms. The summed E-state index contributed by atoms with van der Waals surface area (Å²) < 4.78 is 0. The van der Waals surface area contributed by atoms with E-state index < -0.39 is 18.1 Å². The zero-order valence-electron chi connectivity index (χ0n) is 6.73. The molecule has 68 valence electrons. The molecule has 1 heterocycles. The standard InChI is InChI=1S/C7H11NO3S/c1-4(12)8-3-5(9)2-6(8)7(10)11/h5-6,9H,2-3H2,1H3,(H,10,11). The van der Waals surface area contributed by atoms with Crippen LogP contribution in [0.2, 0.25) is 0 Å². The topological polar surface area (TPSA) is 60.8 Å². The van der Waals surface area contributed by atoms with Crippen LogP contribution in [0.4, 0.5) is 0 Å². The molecule has 0 bridgehead atoms. The molecule has 2 N–H and O–H groups in total. The third-order valence-corrected chi connectivity index (χ3v) is 2.20. The van der Waals surface area contributed by atoms with Crippen LogP contribution in [0.15, 0.2) is 0 Å². The summed E-state index contributed by atoms with van der Waals surface area (Å²) in [4.78, 5) is 12.7. The third kappa shape index (κ3) is 1.73. The molecule has 1 aliphatic rings. The second kappa shape index (κ2) is 3.37. The maximum Gasteiger partial charge on any atom is 0.326 e. The number of carboxylic acid groups (broad SMARTS) is 1. The predicted molar refractivity (Wildman–Crippen MR) is 47.0 cm³/mol. The average molecular weight is 189 g/mol. The van der Waals surface area contributed by atoms with E-state index in [0.29, 0.717) is 11.5 Å². The number of β-amino-alcohol motifs (C(OH)–C–C–N with tert-alkyl or cyclic N) is 1. The number of carboxylic acids is 1. The molecule has 1 aliphatic heterocycles. The summed E-state index contributed by atoms with van der Waals surface area (Å²) >= 11 is 4.86. The lowest BCUT2D eigenvalue weighted by Gasteiger charge is -2.21. The molecule has 1 rings (SSSR count). The van der Waals surface area contributed by atoms with Crippen LogP contribution in [0.25, 0.3) is 0 Å². The van der Waals surface area contributed by atoms with Gasteiger partial charge in [0.15, 0.2) is 0 Å². The van der Waals surface area contributed by atoms with Crippen molar-refractivity contribution in [2.24, 2.45) is 0 Å². The fourth-order valence-corrected chi connectivity index (χ4v) is 1.60. The lowest BCUT2D eigenvalue weighted by Crippen LogP contribution is -2.38. The first-order chi connectivity index (χ1) is 5.52. The van der Waals surface area contributed by atoms with Crippen molar-refractivity contribution < 1.29 is 15.0 Å². The van der Waals surface area contributed by atoms with Gasteiger partial charge in [0.1, 0.15) is 6.04 Å². The number of aliphatic carboxylic acids is 1. The summed E-state index contributed by atoms with van der Waals surface area (Å²) in [6.07, 6.45) is -0.299. The van der Waals surface area contributed by atoms with Gasteiger partial charge in [0.25, 0.3) is 0 Å². The smallest absolute Gasteiger partial charge is 0.326 e. The Bertz CT molecular complexity index is 197. The molecule has 0 spiro atoms. The summed E-state index contributed by atoms with van der Waals surface area (Å²) in [5.74, 6) is -0.921. The number of hydrogen-bond donors (Lipinski definition) is 2. The Kier molecular flexibility index (Phi) is 2.64. The first-order valence-electron chi connectivity index (χ1n) is 3.70. The van der Waals surface area contributed by atoms with E-state index in [0.717, 1.165) is 0 Å². The van der Waals surface area contributed by atoms with Gasteiger partial charge in [0, 0.05) is 13.0 Å². The summed E-state index contributed by atoms with van der Waals surface area (Å²) in [5.41, 5.74) is 0. The second-order valence-electron chi connectivity index (χ2n) is 2.91. The van der Waals surface area contributed by atoms with Gasteiger partial charge in [0.05, 0.1) is 11.1 Å². The average Bonchev–Trinajstić information content (AvgIpc) is 2.31. The molecule has 5 heteroatoms. The van der Waals surface area contributed by atoms with Crippen LogP contribution in [0.5, 0.6) is 0 Å². The summed E-state index contributed by atoms with van der Waals surface area (Å²) in [5, 5.41) is 17.9. The van der Waals surface area contributed by atoms with Gasteiger partial charge in [-0.15, -0.1) is 0 Å². The Hall–Kier alpha value is -0.680. The lowest BCUT2D eigenvalue weighted by molar-refractivity contribution is -0.140. The maximum atomic E-state index is 10.6. The molecule has 0 aromatic rings. The van der Waals surface area contributed by atoms with Crippen LogP contribution in [0, 0.1) is 0 Å². The highest BCUT2D eigenvalue weighted by Gasteiger charge is 2.35. The number of likely N-dealkylation sites (tertiary alicyclic amines) is 1. The highest BCUT2D eigenvalue weighted by Crippen LogP contribution is 2.18. The van der Waals surface area contributed by atoms with Crippen molar-refractivity contribution >= 4 is 23.2 Å². The predicted octanol–water partition coefficient (Wildman–Crippen LogP) is -0.146. The van der Waals surface area contributed by atoms with Crippen LogP contribution in [0.1, 0.15) is 13.3 Å². The number of carbonyl (C=O) groups is 1. The zero-order valence-corrected chi connectivity index (χ0v) is 7.54. The maximum absolute atomic E-state index is 10.6. The van der Waals surface area contributed by atoms with Crippen molar-refractivity contribution in [2.45, 2.75) is 25.5 Å². The van der Waals surface area contributed by atoms with Crippen molar-refractivity contribution in [1.82, 2.24) is 4.90 Å². The second-order valence-corrected chi connectivity index (χ2v) is 3.51. The van der Waals surface area contributed by atoms with Crippen molar-refractivity contribution in [2.75, 3.05) is 6.54 Å².